The van der Waals surface area contributed by atoms with Crippen molar-refractivity contribution < 1.29 is 18.8 Å². The molecule has 26 heavy (non-hydrogen) atoms. The van der Waals surface area contributed by atoms with Crippen LogP contribution in [0, 0.1) is 6.92 Å². The van der Waals surface area contributed by atoms with Crippen molar-refractivity contribution in [3.05, 3.63) is 41.3 Å². The fourth-order valence-corrected chi connectivity index (χ4v) is 3.16. The van der Waals surface area contributed by atoms with E-state index in [0.29, 0.717) is 25.3 Å². The summed E-state index contributed by atoms with van der Waals surface area (Å²) in [5.74, 6) is 2.40. The van der Waals surface area contributed by atoms with Crippen molar-refractivity contribution in [1.29, 1.82) is 0 Å². The molecule has 1 aliphatic heterocycles. The Kier molecular flexibility index (Phi) is 5.78. The average Bonchev–Trinajstić information content (AvgIpc) is 3.07. The number of rotatable bonds is 6. The van der Waals surface area contributed by atoms with Crippen LogP contribution in [0.15, 0.2) is 28.8 Å². The van der Waals surface area contributed by atoms with Crippen molar-refractivity contribution in [2.45, 2.75) is 19.9 Å². The third-order valence-corrected chi connectivity index (χ3v) is 4.61. The van der Waals surface area contributed by atoms with Crippen LogP contribution in [0.1, 0.15) is 17.0 Å². The van der Waals surface area contributed by atoms with Gasteiger partial charge in [-0.2, -0.15) is 0 Å². The van der Waals surface area contributed by atoms with Gasteiger partial charge in [-0.15, -0.1) is 0 Å². The van der Waals surface area contributed by atoms with Crippen molar-refractivity contribution in [2.75, 3.05) is 40.4 Å². The number of amides is 1. The van der Waals surface area contributed by atoms with Crippen LogP contribution in [0.3, 0.4) is 0 Å². The number of benzene rings is 1. The quantitative estimate of drug-likeness (QED) is 0.785. The lowest BCUT2D eigenvalue weighted by molar-refractivity contribution is -0.132. The first-order valence-corrected chi connectivity index (χ1v) is 8.72. The Bertz CT molecular complexity index is 751. The molecule has 1 saturated heterocycles. The number of carbonyl (C=O) groups excluding carboxylic acids is 1. The third kappa shape index (κ3) is 4.35. The number of hydrogen-bond donors (Lipinski definition) is 0. The van der Waals surface area contributed by atoms with Gasteiger partial charge in [-0.05, 0) is 25.1 Å². The lowest BCUT2D eigenvalue weighted by Crippen LogP contribution is -2.48. The van der Waals surface area contributed by atoms with Gasteiger partial charge < -0.3 is 18.9 Å². The molecule has 1 amide bonds. The maximum absolute atomic E-state index is 12.7. The Morgan fingerprint density at radius 1 is 1.15 bits per heavy atom. The van der Waals surface area contributed by atoms with Gasteiger partial charge in [0.1, 0.15) is 11.5 Å². The van der Waals surface area contributed by atoms with Gasteiger partial charge in [-0.1, -0.05) is 5.16 Å². The topological polar surface area (TPSA) is 68.0 Å². The second-order valence-corrected chi connectivity index (χ2v) is 6.45. The van der Waals surface area contributed by atoms with E-state index in [2.05, 4.69) is 10.1 Å². The zero-order valence-electron chi connectivity index (χ0n) is 15.5. The molecule has 1 aromatic carbocycles. The molecule has 1 fully saturated rings. The van der Waals surface area contributed by atoms with Gasteiger partial charge >= 0.3 is 0 Å². The summed E-state index contributed by atoms with van der Waals surface area (Å²) in [6, 6.07) is 7.47. The van der Waals surface area contributed by atoms with Crippen LogP contribution in [-0.4, -0.2) is 61.3 Å². The molecule has 0 spiro atoms. The molecular formula is C19H25N3O4. The summed E-state index contributed by atoms with van der Waals surface area (Å²) in [6.07, 6.45) is 0.307. The molecule has 0 saturated carbocycles. The zero-order chi connectivity index (χ0) is 18.5. The van der Waals surface area contributed by atoms with Gasteiger partial charge in [0.2, 0.25) is 5.91 Å². The van der Waals surface area contributed by atoms with E-state index in [4.69, 9.17) is 14.0 Å². The van der Waals surface area contributed by atoms with Gasteiger partial charge in [-0.3, -0.25) is 9.69 Å². The number of aromatic nitrogens is 1. The molecule has 0 N–H and O–H groups in total. The molecular weight excluding hydrogens is 334 g/mol. The van der Waals surface area contributed by atoms with Crippen LogP contribution in [0.2, 0.25) is 0 Å². The summed E-state index contributed by atoms with van der Waals surface area (Å²) in [5.41, 5.74) is 1.73. The molecule has 140 valence electrons. The van der Waals surface area contributed by atoms with E-state index < -0.39 is 0 Å². The number of methoxy groups -OCH3 is 2. The molecule has 3 rings (SSSR count). The van der Waals surface area contributed by atoms with Crippen LogP contribution in [0.5, 0.6) is 11.5 Å². The van der Waals surface area contributed by atoms with Crippen LogP contribution in [-0.2, 0) is 17.8 Å². The number of hydrogen-bond acceptors (Lipinski definition) is 6. The fourth-order valence-electron chi connectivity index (χ4n) is 3.16. The first-order valence-electron chi connectivity index (χ1n) is 8.72. The largest absolute Gasteiger partial charge is 0.497 e. The Hall–Kier alpha value is -2.54. The Morgan fingerprint density at radius 3 is 2.54 bits per heavy atom. The highest BCUT2D eigenvalue weighted by Crippen LogP contribution is 2.25. The molecule has 7 nitrogen and oxygen atoms in total. The summed E-state index contributed by atoms with van der Waals surface area (Å²) in [7, 11) is 3.22. The average molecular weight is 359 g/mol. The number of aryl methyl sites for hydroxylation is 1. The van der Waals surface area contributed by atoms with E-state index >= 15 is 0 Å². The van der Waals surface area contributed by atoms with E-state index in [-0.39, 0.29) is 5.91 Å². The maximum atomic E-state index is 12.7. The number of piperazine rings is 1. The van der Waals surface area contributed by atoms with E-state index in [1.807, 2.05) is 36.1 Å². The van der Waals surface area contributed by atoms with Gasteiger partial charge in [0.25, 0.3) is 0 Å². The van der Waals surface area contributed by atoms with Crippen molar-refractivity contribution in [1.82, 2.24) is 15.0 Å². The molecule has 2 aromatic rings. The van der Waals surface area contributed by atoms with Gasteiger partial charge in [0.05, 0.1) is 32.9 Å². The predicted molar refractivity (Wildman–Crippen MR) is 96.3 cm³/mol. The maximum Gasteiger partial charge on any atom is 0.227 e. The van der Waals surface area contributed by atoms with E-state index in [9.17, 15) is 4.79 Å². The van der Waals surface area contributed by atoms with Crippen molar-refractivity contribution in [3.8, 4) is 11.5 Å². The smallest absolute Gasteiger partial charge is 0.227 e. The van der Waals surface area contributed by atoms with Crippen LogP contribution in [0.25, 0.3) is 0 Å². The lowest BCUT2D eigenvalue weighted by Gasteiger charge is -2.34. The predicted octanol–water partition coefficient (Wildman–Crippen LogP) is 1.89. The second-order valence-electron chi connectivity index (χ2n) is 6.45. The van der Waals surface area contributed by atoms with Gasteiger partial charge in [-0.25, -0.2) is 0 Å². The standard InChI is InChI=1S/C19H25N3O4/c1-14-10-17(26-20-14)13-21-6-8-22(9-7-21)19(23)12-15-11-16(24-2)4-5-18(15)25-3/h4-5,10-11H,6-9,12-13H2,1-3H3. The minimum Gasteiger partial charge on any atom is -0.497 e. The van der Waals surface area contributed by atoms with E-state index in [1.165, 1.54) is 0 Å². The molecule has 0 atom stereocenters. The summed E-state index contributed by atoms with van der Waals surface area (Å²) in [6.45, 7) is 5.70. The van der Waals surface area contributed by atoms with Crippen molar-refractivity contribution in [2.24, 2.45) is 0 Å². The molecule has 0 bridgehead atoms. The van der Waals surface area contributed by atoms with E-state index in [0.717, 1.165) is 42.4 Å². The molecule has 0 aliphatic carbocycles. The zero-order valence-corrected chi connectivity index (χ0v) is 15.5. The van der Waals surface area contributed by atoms with Gasteiger partial charge in [0.15, 0.2) is 5.76 Å². The normalized spacial score (nSPS) is 15.1. The lowest BCUT2D eigenvalue weighted by atomic mass is 10.1. The summed E-state index contributed by atoms with van der Waals surface area (Å²) in [5, 5.41) is 3.91. The summed E-state index contributed by atoms with van der Waals surface area (Å²) < 4.78 is 15.9. The molecule has 7 heteroatoms. The van der Waals surface area contributed by atoms with E-state index in [1.54, 1.807) is 14.2 Å². The summed E-state index contributed by atoms with van der Waals surface area (Å²) >= 11 is 0. The Labute approximate surface area is 153 Å². The third-order valence-electron chi connectivity index (χ3n) is 4.61. The van der Waals surface area contributed by atoms with Crippen LogP contribution in [0.4, 0.5) is 0 Å². The first kappa shape index (κ1) is 18.3. The second kappa shape index (κ2) is 8.23. The minimum atomic E-state index is 0.103. The fraction of sp³-hybridized carbons (Fsp3) is 0.474. The first-order chi connectivity index (χ1) is 12.6. The SMILES string of the molecule is COc1ccc(OC)c(CC(=O)N2CCN(Cc3cc(C)no3)CC2)c1. The monoisotopic (exact) mass is 359 g/mol. The van der Waals surface area contributed by atoms with Crippen molar-refractivity contribution in [3.63, 3.8) is 0 Å². The summed E-state index contributed by atoms with van der Waals surface area (Å²) in [4.78, 5) is 16.9. The highest BCUT2D eigenvalue weighted by Gasteiger charge is 2.23. The molecule has 0 unspecified atom stereocenters. The number of ether oxygens (including phenoxy) is 2. The number of nitrogens with zero attached hydrogens (tertiary/aromatic N) is 3. The highest BCUT2D eigenvalue weighted by molar-refractivity contribution is 5.79. The minimum absolute atomic E-state index is 0.103. The molecule has 0 radical (unpaired) electrons. The van der Waals surface area contributed by atoms with Crippen LogP contribution >= 0.6 is 0 Å². The number of carbonyl (C=O) groups is 1. The Morgan fingerprint density at radius 2 is 1.92 bits per heavy atom. The Balaban J connectivity index is 1.55. The highest BCUT2D eigenvalue weighted by atomic mass is 16.5. The van der Waals surface area contributed by atoms with Crippen molar-refractivity contribution >= 4 is 5.91 Å². The molecule has 1 aliphatic rings. The van der Waals surface area contributed by atoms with Gasteiger partial charge in [0, 0.05) is 37.8 Å². The molecule has 1 aromatic heterocycles. The molecule has 2 heterocycles. The van der Waals surface area contributed by atoms with Crippen LogP contribution < -0.4 is 9.47 Å².